The summed E-state index contributed by atoms with van der Waals surface area (Å²) in [5.74, 6) is -1.31. The van der Waals surface area contributed by atoms with Crippen molar-refractivity contribution in [2.24, 2.45) is 5.92 Å². The van der Waals surface area contributed by atoms with E-state index in [2.05, 4.69) is 34.6 Å². The Morgan fingerprint density at radius 2 is 0.434 bits per heavy atom. The van der Waals surface area contributed by atoms with E-state index >= 15 is 0 Å². The fourth-order valence-corrected chi connectivity index (χ4v) is 15.2. The fraction of sp³-hybridized carbons (Fsp3) is 0.954. The lowest BCUT2D eigenvalue weighted by molar-refractivity contribution is -0.161. The van der Waals surface area contributed by atoms with Gasteiger partial charge in [0, 0.05) is 25.7 Å². The largest absolute Gasteiger partial charge is 0.472 e. The smallest absolute Gasteiger partial charge is 0.462 e. The molecule has 0 spiro atoms. The maximum absolute atomic E-state index is 13.2. The number of phosphoric ester groups is 2. The molecule has 5 atom stereocenters. The molecule has 0 aromatic rings. The van der Waals surface area contributed by atoms with Gasteiger partial charge >= 0.3 is 39.5 Å². The molecule has 0 aliphatic carbocycles. The van der Waals surface area contributed by atoms with Crippen molar-refractivity contribution in [2.75, 3.05) is 39.6 Å². The summed E-state index contributed by atoms with van der Waals surface area (Å²) in [5.41, 5.74) is 0. The molecule has 0 aromatic heterocycles. The van der Waals surface area contributed by atoms with Crippen LogP contribution in [0.25, 0.3) is 0 Å². The average Bonchev–Trinajstić information content (AvgIpc) is 0.913. The highest BCUT2D eigenvalue weighted by Gasteiger charge is 2.30. The summed E-state index contributed by atoms with van der Waals surface area (Å²) in [5, 5.41) is 10.7. The molecule has 0 saturated carbocycles. The monoisotopic (exact) mass is 1550 g/mol. The summed E-state index contributed by atoms with van der Waals surface area (Å²) < 4.78 is 68.9. The van der Waals surface area contributed by atoms with E-state index < -0.39 is 97.5 Å². The third kappa shape index (κ3) is 80.1. The van der Waals surface area contributed by atoms with Gasteiger partial charge in [0.1, 0.15) is 19.3 Å². The first-order valence-electron chi connectivity index (χ1n) is 45.1. The number of carbonyl (C=O) groups is 4. The molecule has 0 radical (unpaired) electrons. The lowest BCUT2D eigenvalue weighted by atomic mass is 10.0. The third-order valence-electron chi connectivity index (χ3n) is 20.5. The number of hydrogen-bond donors (Lipinski definition) is 3. The van der Waals surface area contributed by atoms with E-state index in [1.54, 1.807) is 0 Å². The van der Waals surface area contributed by atoms with Crippen LogP contribution in [0.3, 0.4) is 0 Å². The van der Waals surface area contributed by atoms with Crippen molar-refractivity contribution in [3.8, 4) is 0 Å². The Morgan fingerprint density at radius 3 is 0.642 bits per heavy atom. The van der Waals surface area contributed by atoms with Crippen molar-refractivity contribution in [3.63, 3.8) is 0 Å². The standard InChI is InChI=1S/C87H170O17P2/c1-6-9-12-15-18-21-24-26-28-30-32-33-34-36-38-42-47-52-57-62-67-72-86(91)104-83(77-98-85(90)71-66-61-56-51-46-41-37-35-31-29-27-25-22-19-16-13-10-7-2)79-102-106(95,96)100-75-81(88)74-99-105(93,94)101-78-82(76-97-84(89)70-65-60-55-50-44-23-20-17-14-11-8-3)103-87(92)73-68-63-58-53-48-43-39-40-45-49-54-59-64-69-80(4)5/h80-83,88H,6-79H2,1-5H3,(H,93,94)(H,95,96)/t81-,82+,83+/m0/s1. The van der Waals surface area contributed by atoms with Gasteiger partial charge in [-0.05, 0) is 31.6 Å². The van der Waals surface area contributed by atoms with Crippen molar-refractivity contribution in [2.45, 2.75) is 490 Å². The van der Waals surface area contributed by atoms with E-state index in [4.69, 9.17) is 37.0 Å². The number of esters is 4. The van der Waals surface area contributed by atoms with E-state index in [0.717, 1.165) is 95.8 Å². The van der Waals surface area contributed by atoms with Crippen LogP contribution in [0.5, 0.6) is 0 Å². The lowest BCUT2D eigenvalue weighted by Gasteiger charge is -2.21. The van der Waals surface area contributed by atoms with E-state index in [-0.39, 0.29) is 25.7 Å². The van der Waals surface area contributed by atoms with E-state index in [0.29, 0.717) is 25.7 Å². The summed E-state index contributed by atoms with van der Waals surface area (Å²) in [6.45, 7) is 7.38. The summed E-state index contributed by atoms with van der Waals surface area (Å²) in [7, 11) is -9.93. The fourth-order valence-electron chi connectivity index (χ4n) is 13.6. The molecule has 0 fully saturated rings. The van der Waals surface area contributed by atoms with Crippen molar-refractivity contribution in [3.05, 3.63) is 0 Å². The molecular formula is C87H170O17P2. The third-order valence-corrected chi connectivity index (χ3v) is 22.4. The number of hydrogen-bond acceptors (Lipinski definition) is 15. The Morgan fingerprint density at radius 1 is 0.255 bits per heavy atom. The van der Waals surface area contributed by atoms with Gasteiger partial charge in [-0.1, -0.05) is 420 Å². The molecule has 0 heterocycles. The minimum absolute atomic E-state index is 0.108. The van der Waals surface area contributed by atoms with Crippen molar-refractivity contribution in [1.29, 1.82) is 0 Å². The number of unbranched alkanes of at least 4 members (excludes halogenated alkanes) is 59. The molecule has 106 heavy (non-hydrogen) atoms. The average molecular weight is 1550 g/mol. The SMILES string of the molecule is CCCCCCCCCCCCCCCCCCCCCCCC(=O)O[C@H](COC(=O)CCCCCCCCCCCCCCCCCCCC)COP(=O)(O)OC[C@@H](O)COP(=O)(O)OC[C@@H](COC(=O)CCCCCCCCCCCCC)OC(=O)CCCCCCCCCCCCCCCC(C)C. The van der Waals surface area contributed by atoms with Crippen LogP contribution in [0.15, 0.2) is 0 Å². The Hall–Kier alpha value is -1.94. The van der Waals surface area contributed by atoms with Gasteiger partial charge in [0.2, 0.25) is 0 Å². The number of phosphoric acid groups is 2. The van der Waals surface area contributed by atoms with Gasteiger partial charge in [0.05, 0.1) is 26.4 Å². The Bertz CT molecular complexity index is 2010. The second-order valence-corrected chi connectivity index (χ2v) is 34.7. The Kier molecular flexibility index (Phi) is 78.2. The van der Waals surface area contributed by atoms with Crippen molar-refractivity contribution >= 4 is 39.5 Å². The number of ether oxygens (including phenoxy) is 4. The van der Waals surface area contributed by atoms with E-state index in [1.165, 1.54) is 295 Å². The Balaban J connectivity index is 5.23. The number of aliphatic hydroxyl groups is 1. The number of carbonyl (C=O) groups excluding carboxylic acids is 4. The first-order valence-corrected chi connectivity index (χ1v) is 48.1. The predicted octanol–water partition coefficient (Wildman–Crippen LogP) is 26.8. The molecule has 3 N–H and O–H groups in total. The van der Waals surface area contributed by atoms with Gasteiger partial charge in [-0.3, -0.25) is 37.3 Å². The molecule has 17 nitrogen and oxygen atoms in total. The van der Waals surface area contributed by atoms with Gasteiger partial charge in [-0.2, -0.15) is 0 Å². The van der Waals surface area contributed by atoms with Crippen LogP contribution in [0, 0.1) is 5.92 Å². The zero-order valence-electron chi connectivity index (χ0n) is 69.6. The molecule has 19 heteroatoms. The molecule has 0 saturated heterocycles. The van der Waals surface area contributed by atoms with Crippen LogP contribution in [-0.2, 0) is 65.4 Å². The van der Waals surface area contributed by atoms with Gasteiger partial charge in [-0.15, -0.1) is 0 Å². The second-order valence-electron chi connectivity index (χ2n) is 31.8. The second kappa shape index (κ2) is 79.7. The molecule has 0 aromatic carbocycles. The summed E-state index contributed by atoms with van der Waals surface area (Å²) in [6.07, 6.45) is 73.6. The van der Waals surface area contributed by atoms with Gasteiger partial charge < -0.3 is 33.8 Å². The van der Waals surface area contributed by atoms with Crippen LogP contribution in [0.1, 0.15) is 471 Å². The first-order chi connectivity index (χ1) is 51.5. The van der Waals surface area contributed by atoms with Crippen LogP contribution < -0.4 is 0 Å². The summed E-state index contributed by atoms with van der Waals surface area (Å²) in [4.78, 5) is 73.3. The molecule has 0 rings (SSSR count). The molecule has 0 amide bonds. The molecule has 0 aliphatic rings. The van der Waals surface area contributed by atoms with Crippen molar-refractivity contribution in [1.82, 2.24) is 0 Å². The molecular weight excluding hydrogens is 1380 g/mol. The molecule has 2 unspecified atom stereocenters. The zero-order chi connectivity index (χ0) is 77.6. The number of rotatable bonds is 87. The first kappa shape index (κ1) is 104. The van der Waals surface area contributed by atoms with Crippen LogP contribution in [0.4, 0.5) is 0 Å². The topological polar surface area (TPSA) is 237 Å². The number of aliphatic hydroxyl groups excluding tert-OH is 1. The van der Waals surface area contributed by atoms with E-state index in [9.17, 15) is 43.2 Å². The molecule has 0 aliphatic heterocycles. The predicted molar refractivity (Wildman–Crippen MR) is 437 cm³/mol. The maximum Gasteiger partial charge on any atom is 0.472 e. The molecule has 0 bridgehead atoms. The Labute approximate surface area is 651 Å². The minimum atomic E-state index is -4.97. The van der Waals surface area contributed by atoms with Crippen LogP contribution in [-0.4, -0.2) is 96.7 Å². The van der Waals surface area contributed by atoms with Gasteiger partial charge in [0.15, 0.2) is 12.2 Å². The van der Waals surface area contributed by atoms with Gasteiger partial charge in [-0.25, -0.2) is 9.13 Å². The zero-order valence-corrected chi connectivity index (χ0v) is 71.4. The highest BCUT2D eigenvalue weighted by molar-refractivity contribution is 7.47. The maximum atomic E-state index is 13.2. The normalized spacial score (nSPS) is 13.7. The van der Waals surface area contributed by atoms with Crippen LogP contribution >= 0.6 is 15.6 Å². The highest BCUT2D eigenvalue weighted by atomic mass is 31.2. The molecule has 630 valence electrons. The van der Waals surface area contributed by atoms with Crippen molar-refractivity contribution < 1.29 is 80.2 Å². The lowest BCUT2D eigenvalue weighted by Crippen LogP contribution is -2.30. The summed E-state index contributed by atoms with van der Waals surface area (Å²) >= 11 is 0. The van der Waals surface area contributed by atoms with Gasteiger partial charge in [0.25, 0.3) is 0 Å². The summed E-state index contributed by atoms with van der Waals surface area (Å²) in [6, 6.07) is 0. The highest BCUT2D eigenvalue weighted by Crippen LogP contribution is 2.45. The van der Waals surface area contributed by atoms with Crippen LogP contribution in [0.2, 0.25) is 0 Å². The quantitative estimate of drug-likeness (QED) is 0.0222. The van der Waals surface area contributed by atoms with E-state index in [1.807, 2.05) is 0 Å². The minimum Gasteiger partial charge on any atom is -0.462 e.